The minimum atomic E-state index is 0.843. The van der Waals surface area contributed by atoms with Crippen molar-refractivity contribution in [2.75, 3.05) is 50.2 Å². The van der Waals surface area contributed by atoms with Crippen molar-refractivity contribution in [3.8, 4) is 11.5 Å². The predicted octanol–water partition coefficient (Wildman–Crippen LogP) is 4.87. The van der Waals surface area contributed by atoms with Crippen LogP contribution in [0.3, 0.4) is 0 Å². The number of benzene rings is 2. The number of anilines is 2. The molecule has 4 aromatic rings. The SMILES string of the molecule is COc1ccc(C)c2sc(N3CCN(c4nc5c(OC)ccc(C)c5s4)CC3)nc12. The summed E-state index contributed by atoms with van der Waals surface area (Å²) in [5, 5.41) is 2.14. The van der Waals surface area contributed by atoms with Gasteiger partial charge in [-0.05, 0) is 37.1 Å². The number of methoxy groups -OCH3 is 2. The van der Waals surface area contributed by atoms with Crippen LogP contribution < -0.4 is 19.3 Å². The fourth-order valence-corrected chi connectivity index (χ4v) is 6.09. The summed E-state index contributed by atoms with van der Waals surface area (Å²) in [6.45, 7) is 7.96. The third-order valence-corrected chi connectivity index (χ3v) is 8.15. The van der Waals surface area contributed by atoms with Crippen molar-refractivity contribution < 1.29 is 9.47 Å². The Labute approximate surface area is 183 Å². The molecular formula is C22H24N4O2S2. The molecule has 1 saturated heterocycles. The van der Waals surface area contributed by atoms with Gasteiger partial charge in [-0.3, -0.25) is 0 Å². The molecule has 5 rings (SSSR count). The molecule has 156 valence electrons. The number of hydrogen-bond donors (Lipinski definition) is 0. The average molecular weight is 441 g/mol. The van der Waals surface area contributed by atoms with Crippen LogP contribution in [0.25, 0.3) is 20.4 Å². The Morgan fingerprint density at radius 3 is 1.47 bits per heavy atom. The minimum Gasteiger partial charge on any atom is -0.494 e. The van der Waals surface area contributed by atoms with Crippen molar-refractivity contribution in [1.29, 1.82) is 0 Å². The number of aryl methyl sites for hydroxylation is 2. The van der Waals surface area contributed by atoms with Gasteiger partial charge in [0.05, 0.1) is 23.6 Å². The molecule has 1 aliphatic rings. The van der Waals surface area contributed by atoms with Crippen LogP contribution in [-0.2, 0) is 0 Å². The fourth-order valence-electron chi connectivity index (χ4n) is 3.89. The van der Waals surface area contributed by atoms with Crippen molar-refractivity contribution in [3.63, 3.8) is 0 Å². The summed E-state index contributed by atoms with van der Waals surface area (Å²) in [5.74, 6) is 1.69. The summed E-state index contributed by atoms with van der Waals surface area (Å²) < 4.78 is 13.4. The van der Waals surface area contributed by atoms with Crippen molar-refractivity contribution in [1.82, 2.24) is 9.97 Å². The molecule has 0 aliphatic carbocycles. The lowest BCUT2D eigenvalue weighted by atomic mass is 10.2. The predicted molar refractivity (Wildman–Crippen MR) is 126 cm³/mol. The van der Waals surface area contributed by atoms with Crippen LogP contribution >= 0.6 is 22.7 Å². The number of fused-ring (bicyclic) bond motifs is 2. The van der Waals surface area contributed by atoms with Crippen LogP contribution in [0.4, 0.5) is 10.3 Å². The van der Waals surface area contributed by atoms with Crippen LogP contribution in [0, 0.1) is 13.8 Å². The van der Waals surface area contributed by atoms with E-state index < -0.39 is 0 Å². The largest absolute Gasteiger partial charge is 0.494 e. The normalized spacial score (nSPS) is 14.7. The van der Waals surface area contributed by atoms with Gasteiger partial charge >= 0.3 is 0 Å². The van der Waals surface area contributed by atoms with E-state index in [0.29, 0.717) is 0 Å². The van der Waals surface area contributed by atoms with Gasteiger partial charge in [0.2, 0.25) is 0 Å². The van der Waals surface area contributed by atoms with Gasteiger partial charge in [0.1, 0.15) is 22.5 Å². The van der Waals surface area contributed by atoms with E-state index in [2.05, 4.69) is 35.8 Å². The maximum atomic E-state index is 5.52. The number of ether oxygens (including phenoxy) is 2. The topological polar surface area (TPSA) is 50.7 Å². The van der Waals surface area contributed by atoms with Crippen molar-refractivity contribution in [2.45, 2.75) is 13.8 Å². The first-order chi connectivity index (χ1) is 14.6. The van der Waals surface area contributed by atoms with E-state index >= 15 is 0 Å². The molecule has 0 spiro atoms. The number of hydrogen-bond acceptors (Lipinski definition) is 8. The maximum Gasteiger partial charge on any atom is 0.186 e. The minimum absolute atomic E-state index is 0.843. The second kappa shape index (κ2) is 7.59. The van der Waals surface area contributed by atoms with E-state index in [9.17, 15) is 0 Å². The Bertz CT molecular complexity index is 1130. The Balaban J connectivity index is 1.38. The molecule has 0 amide bonds. The van der Waals surface area contributed by atoms with Crippen LogP contribution in [0.2, 0.25) is 0 Å². The molecule has 30 heavy (non-hydrogen) atoms. The van der Waals surface area contributed by atoms with E-state index in [1.807, 2.05) is 12.1 Å². The standard InChI is InChI=1S/C22H24N4O2S2/c1-13-5-7-15(27-3)17-19(13)29-21(23-17)25-9-11-26(12-10-25)22-24-18-16(28-4)8-6-14(2)20(18)30-22/h5-8H,9-12H2,1-4H3. The van der Waals surface area contributed by atoms with Gasteiger partial charge in [0, 0.05) is 26.2 Å². The Hall–Kier alpha value is -2.58. The Morgan fingerprint density at radius 2 is 1.10 bits per heavy atom. The molecule has 0 atom stereocenters. The Kier molecular flexibility index (Phi) is 4.91. The first-order valence-corrected chi connectivity index (χ1v) is 11.6. The monoisotopic (exact) mass is 440 g/mol. The van der Waals surface area contributed by atoms with E-state index in [1.165, 1.54) is 20.5 Å². The zero-order valence-electron chi connectivity index (χ0n) is 17.6. The fraction of sp³-hybridized carbons (Fsp3) is 0.364. The number of nitrogens with zero attached hydrogens (tertiary/aromatic N) is 4. The molecule has 2 aromatic carbocycles. The molecule has 0 saturated carbocycles. The molecular weight excluding hydrogens is 416 g/mol. The maximum absolute atomic E-state index is 5.52. The summed E-state index contributed by atoms with van der Waals surface area (Å²) in [4.78, 5) is 14.6. The molecule has 0 bridgehead atoms. The highest BCUT2D eigenvalue weighted by Crippen LogP contribution is 2.39. The lowest BCUT2D eigenvalue weighted by molar-refractivity contribution is 0.419. The first kappa shape index (κ1) is 19.4. The van der Waals surface area contributed by atoms with Gasteiger partial charge in [-0.15, -0.1) is 0 Å². The second-order valence-corrected chi connectivity index (χ2v) is 9.45. The quantitative estimate of drug-likeness (QED) is 0.451. The molecule has 8 heteroatoms. The van der Waals surface area contributed by atoms with Gasteiger partial charge in [-0.1, -0.05) is 34.8 Å². The molecule has 0 N–H and O–H groups in total. The molecule has 0 radical (unpaired) electrons. The highest BCUT2D eigenvalue weighted by molar-refractivity contribution is 7.22. The third kappa shape index (κ3) is 3.15. The molecule has 3 heterocycles. The van der Waals surface area contributed by atoms with Crippen LogP contribution in [0.15, 0.2) is 24.3 Å². The molecule has 1 fully saturated rings. The van der Waals surface area contributed by atoms with Gasteiger partial charge in [0.15, 0.2) is 10.3 Å². The second-order valence-electron chi connectivity index (χ2n) is 7.49. The molecule has 6 nitrogen and oxygen atoms in total. The number of thiazole rings is 2. The van der Waals surface area contributed by atoms with Crippen molar-refractivity contribution >= 4 is 53.4 Å². The Morgan fingerprint density at radius 1 is 0.700 bits per heavy atom. The van der Waals surface area contributed by atoms with Crippen molar-refractivity contribution in [3.05, 3.63) is 35.4 Å². The highest BCUT2D eigenvalue weighted by atomic mass is 32.1. The highest BCUT2D eigenvalue weighted by Gasteiger charge is 2.24. The summed E-state index contributed by atoms with van der Waals surface area (Å²) in [5.41, 5.74) is 4.42. The van der Waals surface area contributed by atoms with E-state index in [-0.39, 0.29) is 0 Å². The smallest absolute Gasteiger partial charge is 0.186 e. The summed E-state index contributed by atoms with van der Waals surface area (Å²) in [6.07, 6.45) is 0. The van der Waals surface area contributed by atoms with E-state index in [1.54, 1.807) is 36.9 Å². The summed E-state index contributed by atoms with van der Waals surface area (Å²) in [6, 6.07) is 8.21. The van der Waals surface area contributed by atoms with Gasteiger partial charge in [-0.2, -0.15) is 0 Å². The molecule has 2 aromatic heterocycles. The van der Waals surface area contributed by atoms with Crippen LogP contribution in [0.5, 0.6) is 11.5 Å². The lowest BCUT2D eigenvalue weighted by Gasteiger charge is -2.34. The number of piperazine rings is 1. The zero-order chi connectivity index (χ0) is 20.8. The third-order valence-electron chi connectivity index (χ3n) is 5.64. The summed E-state index contributed by atoms with van der Waals surface area (Å²) >= 11 is 3.51. The van der Waals surface area contributed by atoms with Crippen LogP contribution in [0.1, 0.15) is 11.1 Å². The first-order valence-electron chi connectivity index (χ1n) is 9.97. The lowest BCUT2D eigenvalue weighted by Crippen LogP contribution is -2.46. The van der Waals surface area contributed by atoms with E-state index in [0.717, 1.165) is 59.0 Å². The van der Waals surface area contributed by atoms with Crippen LogP contribution in [-0.4, -0.2) is 50.4 Å². The van der Waals surface area contributed by atoms with Crippen molar-refractivity contribution in [2.24, 2.45) is 0 Å². The molecule has 0 unspecified atom stereocenters. The van der Waals surface area contributed by atoms with Gasteiger partial charge in [-0.25, -0.2) is 9.97 Å². The summed E-state index contributed by atoms with van der Waals surface area (Å²) in [7, 11) is 3.41. The number of aromatic nitrogens is 2. The van der Waals surface area contributed by atoms with Gasteiger partial charge in [0.25, 0.3) is 0 Å². The zero-order valence-corrected chi connectivity index (χ0v) is 19.2. The number of rotatable bonds is 4. The molecule has 1 aliphatic heterocycles. The van der Waals surface area contributed by atoms with E-state index in [4.69, 9.17) is 19.4 Å². The average Bonchev–Trinajstić information content (AvgIpc) is 3.41. The van der Waals surface area contributed by atoms with Gasteiger partial charge < -0.3 is 19.3 Å².